The lowest BCUT2D eigenvalue weighted by Crippen LogP contribution is -2.38. The number of aromatic nitrogens is 3. The SMILES string of the molecule is CCC(CO)NC(=O)CSc1nncn1C1CC1. The highest BCUT2D eigenvalue weighted by molar-refractivity contribution is 7.99. The van der Waals surface area contributed by atoms with Crippen molar-refractivity contribution in [2.24, 2.45) is 0 Å². The van der Waals surface area contributed by atoms with E-state index in [2.05, 4.69) is 15.5 Å². The maximum absolute atomic E-state index is 11.7. The van der Waals surface area contributed by atoms with E-state index >= 15 is 0 Å². The minimum absolute atomic E-state index is 0.0227. The predicted octanol–water partition coefficient (Wildman–Crippen LogP) is 0.592. The number of rotatable bonds is 7. The van der Waals surface area contributed by atoms with Gasteiger partial charge in [-0.2, -0.15) is 0 Å². The maximum atomic E-state index is 11.7. The Hall–Kier alpha value is -1.08. The van der Waals surface area contributed by atoms with Gasteiger partial charge in [0, 0.05) is 6.04 Å². The van der Waals surface area contributed by atoms with Crippen molar-refractivity contribution in [3.8, 4) is 0 Å². The van der Waals surface area contributed by atoms with E-state index < -0.39 is 0 Å². The number of nitrogens with one attached hydrogen (secondary N) is 1. The number of aliphatic hydroxyl groups excluding tert-OH is 1. The maximum Gasteiger partial charge on any atom is 0.230 e. The summed E-state index contributed by atoms with van der Waals surface area (Å²) in [5.41, 5.74) is 0. The second-order valence-corrected chi connectivity index (χ2v) is 5.34. The quantitative estimate of drug-likeness (QED) is 0.709. The standard InChI is InChI=1S/C11H18N4O2S/c1-2-8(5-16)13-10(17)6-18-11-14-12-7-15(11)9-3-4-9/h7-9,16H,2-6H2,1H3,(H,13,17). The monoisotopic (exact) mass is 270 g/mol. The summed E-state index contributed by atoms with van der Waals surface area (Å²) in [6, 6.07) is 0.366. The van der Waals surface area contributed by atoms with E-state index in [1.807, 2.05) is 11.5 Å². The first-order valence-electron chi connectivity index (χ1n) is 6.17. The molecule has 7 heteroatoms. The Labute approximate surface area is 110 Å². The summed E-state index contributed by atoms with van der Waals surface area (Å²) in [6.45, 7) is 1.91. The molecule has 1 fully saturated rings. The van der Waals surface area contributed by atoms with Crippen LogP contribution >= 0.6 is 11.8 Å². The molecule has 18 heavy (non-hydrogen) atoms. The van der Waals surface area contributed by atoms with E-state index in [-0.39, 0.29) is 18.6 Å². The van der Waals surface area contributed by atoms with Gasteiger partial charge in [0.2, 0.25) is 5.91 Å². The highest BCUT2D eigenvalue weighted by atomic mass is 32.2. The fourth-order valence-corrected chi connectivity index (χ4v) is 2.41. The molecule has 0 bridgehead atoms. The molecule has 1 amide bonds. The van der Waals surface area contributed by atoms with Crippen molar-refractivity contribution in [1.29, 1.82) is 0 Å². The zero-order valence-corrected chi connectivity index (χ0v) is 11.2. The van der Waals surface area contributed by atoms with Crippen molar-refractivity contribution in [3.05, 3.63) is 6.33 Å². The van der Waals surface area contributed by atoms with Crippen molar-refractivity contribution in [2.75, 3.05) is 12.4 Å². The number of hydrogen-bond donors (Lipinski definition) is 2. The van der Waals surface area contributed by atoms with Gasteiger partial charge in [-0.05, 0) is 19.3 Å². The predicted molar refractivity (Wildman–Crippen MR) is 68.3 cm³/mol. The smallest absolute Gasteiger partial charge is 0.230 e. The third-order valence-electron chi connectivity index (χ3n) is 2.89. The van der Waals surface area contributed by atoms with Gasteiger partial charge in [0.15, 0.2) is 5.16 Å². The molecule has 1 saturated carbocycles. The highest BCUT2D eigenvalue weighted by Crippen LogP contribution is 2.37. The summed E-state index contributed by atoms with van der Waals surface area (Å²) in [5.74, 6) is 0.230. The number of thioether (sulfide) groups is 1. The summed E-state index contributed by atoms with van der Waals surface area (Å²) in [4.78, 5) is 11.7. The molecule has 0 radical (unpaired) electrons. The summed E-state index contributed by atoms with van der Waals surface area (Å²) < 4.78 is 2.03. The van der Waals surface area contributed by atoms with Crippen LogP contribution in [0.2, 0.25) is 0 Å². The van der Waals surface area contributed by atoms with Crippen LogP contribution in [0.1, 0.15) is 32.2 Å². The zero-order chi connectivity index (χ0) is 13.0. The lowest BCUT2D eigenvalue weighted by molar-refractivity contribution is -0.119. The molecule has 2 N–H and O–H groups in total. The van der Waals surface area contributed by atoms with E-state index in [1.165, 1.54) is 24.6 Å². The molecule has 0 aromatic carbocycles. The van der Waals surface area contributed by atoms with Gasteiger partial charge < -0.3 is 15.0 Å². The van der Waals surface area contributed by atoms with E-state index in [1.54, 1.807) is 6.33 Å². The molecular formula is C11H18N4O2S. The van der Waals surface area contributed by atoms with Crippen LogP contribution in [-0.2, 0) is 4.79 Å². The summed E-state index contributed by atoms with van der Waals surface area (Å²) in [6.07, 6.45) is 4.78. The van der Waals surface area contributed by atoms with Gasteiger partial charge in [-0.15, -0.1) is 10.2 Å². The Balaban J connectivity index is 1.80. The number of amides is 1. The van der Waals surface area contributed by atoms with Crippen molar-refractivity contribution in [3.63, 3.8) is 0 Å². The third kappa shape index (κ3) is 3.46. The minimum atomic E-state index is -0.153. The van der Waals surface area contributed by atoms with Gasteiger partial charge in [0.05, 0.1) is 18.4 Å². The van der Waals surface area contributed by atoms with Crippen LogP contribution < -0.4 is 5.32 Å². The molecule has 100 valence electrons. The molecule has 2 rings (SSSR count). The number of hydrogen-bond acceptors (Lipinski definition) is 5. The lowest BCUT2D eigenvalue weighted by Gasteiger charge is -2.13. The fourth-order valence-electron chi connectivity index (χ4n) is 1.61. The molecule has 1 aliphatic rings. The third-order valence-corrected chi connectivity index (χ3v) is 3.85. The number of carbonyl (C=O) groups is 1. The first-order valence-corrected chi connectivity index (χ1v) is 7.15. The first kappa shape index (κ1) is 13.4. The van der Waals surface area contributed by atoms with Crippen LogP contribution in [0.4, 0.5) is 0 Å². The Kier molecular flexibility index (Phi) is 4.60. The van der Waals surface area contributed by atoms with Gasteiger partial charge in [0.25, 0.3) is 0 Å². The molecule has 1 aromatic heterocycles. The van der Waals surface area contributed by atoms with Crippen molar-refractivity contribution in [1.82, 2.24) is 20.1 Å². The van der Waals surface area contributed by atoms with Gasteiger partial charge in [-0.3, -0.25) is 4.79 Å². The Morgan fingerprint density at radius 3 is 3.11 bits per heavy atom. The van der Waals surface area contributed by atoms with Crippen LogP contribution in [-0.4, -0.2) is 44.2 Å². The van der Waals surface area contributed by atoms with Gasteiger partial charge in [0.1, 0.15) is 6.33 Å². The average molecular weight is 270 g/mol. The Morgan fingerprint density at radius 1 is 1.72 bits per heavy atom. The molecule has 1 aliphatic carbocycles. The van der Waals surface area contributed by atoms with Crippen LogP contribution in [0.3, 0.4) is 0 Å². The van der Waals surface area contributed by atoms with Crippen molar-refractivity contribution in [2.45, 2.75) is 43.4 Å². The van der Waals surface area contributed by atoms with Crippen molar-refractivity contribution < 1.29 is 9.90 Å². The Bertz CT molecular complexity index is 402. The molecule has 1 aromatic rings. The van der Waals surface area contributed by atoms with Gasteiger partial charge in [-0.25, -0.2) is 0 Å². The first-order chi connectivity index (χ1) is 8.74. The fraction of sp³-hybridized carbons (Fsp3) is 0.727. The highest BCUT2D eigenvalue weighted by Gasteiger charge is 2.26. The van der Waals surface area contributed by atoms with E-state index in [4.69, 9.17) is 5.11 Å². The minimum Gasteiger partial charge on any atom is -0.394 e. The number of carbonyl (C=O) groups excluding carboxylic acids is 1. The largest absolute Gasteiger partial charge is 0.394 e. The Morgan fingerprint density at radius 2 is 2.50 bits per heavy atom. The van der Waals surface area contributed by atoms with Crippen LogP contribution in [0.5, 0.6) is 0 Å². The summed E-state index contributed by atoms with van der Waals surface area (Å²) in [5, 5.41) is 20.5. The molecule has 0 spiro atoms. The average Bonchev–Trinajstić information content (AvgIpc) is 3.12. The van der Waals surface area contributed by atoms with Gasteiger partial charge >= 0.3 is 0 Å². The van der Waals surface area contributed by atoms with Crippen LogP contribution in [0, 0.1) is 0 Å². The lowest BCUT2D eigenvalue weighted by atomic mass is 10.2. The zero-order valence-electron chi connectivity index (χ0n) is 10.4. The number of nitrogens with zero attached hydrogens (tertiary/aromatic N) is 3. The van der Waals surface area contributed by atoms with E-state index in [0.717, 1.165) is 11.6 Å². The molecule has 0 saturated heterocycles. The molecule has 1 atom stereocenters. The second kappa shape index (κ2) is 6.19. The molecule has 1 unspecified atom stereocenters. The van der Waals surface area contributed by atoms with Crippen LogP contribution in [0.25, 0.3) is 0 Å². The number of aliphatic hydroxyl groups is 1. The van der Waals surface area contributed by atoms with Crippen molar-refractivity contribution >= 4 is 17.7 Å². The topological polar surface area (TPSA) is 80.0 Å². The van der Waals surface area contributed by atoms with E-state index in [9.17, 15) is 4.79 Å². The summed E-state index contributed by atoms with van der Waals surface area (Å²) in [7, 11) is 0. The molecular weight excluding hydrogens is 252 g/mol. The van der Waals surface area contributed by atoms with Crippen LogP contribution in [0.15, 0.2) is 11.5 Å². The molecule has 6 nitrogen and oxygen atoms in total. The molecule has 0 aliphatic heterocycles. The van der Waals surface area contributed by atoms with E-state index in [0.29, 0.717) is 11.8 Å². The molecule has 1 heterocycles. The van der Waals surface area contributed by atoms with Gasteiger partial charge in [-0.1, -0.05) is 18.7 Å². The normalized spacial score (nSPS) is 16.6. The second-order valence-electron chi connectivity index (χ2n) is 4.40. The summed E-state index contributed by atoms with van der Waals surface area (Å²) >= 11 is 1.39.